The Morgan fingerprint density at radius 2 is 2.00 bits per heavy atom. The highest BCUT2D eigenvalue weighted by atomic mass is 16.3. The van der Waals surface area contributed by atoms with Crippen LogP contribution in [0.2, 0.25) is 0 Å². The minimum atomic E-state index is -0.332. The number of carbonyl (C=O) groups is 1. The maximum Gasteiger partial charge on any atom is 0.225 e. The van der Waals surface area contributed by atoms with Crippen LogP contribution < -0.4 is 0 Å². The summed E-state index contributed by atoms with van der Waals surface area (Å²) in [6.07, 6.45) is 7.92. The summed E-state index contributed by atoms with van der Waals surface area (Å²) in [6.45, 7) is 5.57. The molecule has 1 saturated heterocycles. The highest BCUT2D eigenvalue weighted by molar-refractivity contribution is 5.79. The largest absolute Gasteiger partial charge is 0.391 e. The molecular weight excluding hydrogens is 238 g/mol. The van der Waals surface area contributed by atoms with Crippen molar-refractivity contribution in [3.8, 4) is 0 Å². The average Bonchev–Trinajstić information content (AvgIpc) is 2.91. The molecule has 0 aromatic rings. The highest BCUT2D eigenvalue weighted by Gasteiger charge is 2.32. The second kappa shape index (κ2) is 6.74. The molecule has 3 nitrogen and oxygen atoms in total. The van der Waals surface area contributed by atoms with Gasteiger partial charge in [-0.3, -0.25) is 4.79 Å². The monoisotopic (exact) mass is 267 g/mol. The fraction of sp³-hybridized carbons (Fsp3) is 0.938. The van der Waals surface area contributed by atoms with Gasteiger partial charge in [0, 0.05) is 19.0 Å². The molecule has 0 spiro atoms. The van der Waals surface area contributed by atoms with Crippen LogP contribution in [0.15, 0.2) is 0 Å². The van der Waals surface area contributed by atoms with E-state index in [0.29, 0.717) is 18.4 Å². The first-order valence-electron chi connectivity index (χ1n) is 8.08. The van der Waals surface area contributed by atoms with E-state index in [1.807, 2.05) is 4.90 Å². The van der Waals surface area contributed by atoms with Gasteiger partial charge in [-0.05, 0) is 31.1 Å². The first kappa shape index (κ1) is 14.8. The molecule has 2 fully saturated rings. The van der Waals surface area contributed by atoms with Gasteiger partial charge in [0.25, 0.3) is 0 Å². The third-order valence-electron chi connectivity index (χ3n) is 5.16. The maximum absolute atomic E-state index is 12.6. The number of hydrogen-bond donors (Lipinski definition) is 1. The smallest absolute Gasteiger partial charge is 0.225 e. The Kier molecular flexibility index (Phi) is 5.26. The summed E-state index contributed by atoms with van der Waals surface area (Å²) in [6, 6.07) is 0. The number of rotatable bonds is 4. The van der Waals surface area contributed by atoms with Crippen molar-refractivity contribution in [1.82, 2.24) is 4.90 Å². The molecular formula is C16H29NO2. The van der Waals surface area contributed by atoms with Gasteiger partial charge in [-0.2, -0.15) is 0 Å². The van der Waals surface area contributed by atoms with E-state index in [9.17, 15) is 9.90 Å². The van der Waals surface area contributed by atoms with Gasteiger partial charge in [-0.15, -0.1) is 0 Å². The highest BCUT2D eigenvalue weighted by Crippen LogP contribution is 2.32. The molecule has 3 unspecified atom stereocenters. The molecule has 19 heavy (non-hydrogen) atoms. The second-order valence-corrected chi connectivity index (χ2v) is 6.61. The van der Waals surface area contributed by atoms with Gasteiger partial charge in [0.2, 0.25) is 5.91 Å². The van der Waals surface area contributed by atoms with Crippen LogP contribution in [-0.4, -0.2) is 35.1 Å². The van der Waals surface area contributed by atoms with Crippen molar-refractivity contribution in [2.45, 2.75) is 64.9 Å². The molecule has 1 N–H and O–H groups in total. The summed E-state index contributed by atoms with van der Waals surface area (Å²) < 4.78 is 0. The van der Waals surface area contributed by atoms with Crippen LogP contribution in [0, 0.1) is 17.8 Å². The summed E-state index contributed by atoms with van der Waals surface area (Å²) in [5.41, 5.74) is 0. The predicted molar refractivity (Wildman–Crippen MR) is 76.7 cm³/mol. The Labute approximate surface area is 117 Å². The zero-order valence-corrected chi connectivity index (χ0v) is 12.5. The summed E-state index contributed by atoms with van der Waals surface area (Å²) in [7, 11) is 0. The number of nitrogens with zero attached hydrogens (tertiary/aromatic N) is 1. The molecule has 0 bridgehead atoms. The molecule has 1 aliphatic heterocycles. The number of aliphatic hydroxyl groups excluding tert-OH is 1. The van der Waals surface area contributed by atoms with Crippen molar-refractivity contribution in [3.05, 3.63) is 0 Å². The lowest BCUT2D eigenvalue weighted by molar-refractivity contribution is -0.140. The number of piperidine rings is 1. The van der Waals surface area contributed by atoms with Crippen molar-refractivity contribution in [1.29, 1.82) is 0 Å². The fourth-order valence-electron chi connectivity index (χ4n) is 3.60. The Hall–Kier alpha value is -0.570. The molecule has 110 valence electrons. The van der Waals surface area contributed by atoms with Crippen LogP contribution >= 0.6 is 0 Å². The zero-order chi connectivity index (χ0) is 13.8. The SMILES string of the molecule is CCC(CC1CCCC1)C(=O)N1CCC(C)C(O)C1. The second-order valence-electron chi connectivity index (χ2n) is 6.61. The lowest BCUT2D eigenvalue weighted by atomic mass is 9.89. The molecule has 1 saturated carbocycles. The van der Waals surface area contributed by atoms with Crippen molar-refractivity contribution in [2.75, 3.05) is 13.1 Å². The summed E-state index contributed by atoms with van der Waals surface area (Å²) in [5, 5.41) is 9.94. The van der Waals surface area contributed by atoms with E-state index in [-0.39, 0.29) is 12.0 Å². The van der Waals surface area contributed by atoms with E-state index in [4.69, 9.17) is 0 Å². The van der Waals surface area contributed by atoms with Crippen LogP contribution in [0.4, 0.5) is 0 Å². The van der Waals surface area contributed by atoms with E-state index in [2.05, 4.69) is 13.8 Å². The first-order chi connectivity index (χ1) is 9.11. The number of likely N-dealkylation sites (tertiary alicyclic amines) is 1. The minimum Gasteiger partial charge on any atom is -0.391 e. The van der Waals surface area contributed by atoms with Gasteiger partial charge >= 0.3 is 0 Å². The molecule has 0 radical (unpaired) electrons. The Morgan fingerprint density at radius 1 is 1.32 bits per heavy atom. The summed E-state index contributed by atoms with van der Waals surface area (Å²) in [5.74, 6) is 1.57. The summed E-state index contributed by atoms with van der Waals surface area (Å²) in [4.78, 5) is 14.5. The quantitative estimate of drug-likeness (QED) is 0.851. The van der Waals surface area contributed by atoms with E-state index < -0.39 is 0 Å². The van der Waals surface area contributed by atoms with Crippen molar-refractivity contribution < 1.29 is 9.90 Å². The molecule has 1 aliphatic carbocycles. The molecule has 0 aromatic carbocycles. The number of amides is 1. The zero-order valence-electron chi connectivity index (χ0n) is 12.5. The van der Waals surface area contributed by atoms with Gasteiger partial charge in [0.15, 0.2) is 0 Å². The molecule has 3 atom stereocenters. The van der Waals surface area contributed by atoms with E-state index in [0.717, 1.165) is 31.7 Å². The molecule has 2 aliphatic rings. The fourth-order valence-corrected chi connectivity index (χ4v) is 3.60. The Morgan fingerprint density at radius 3 is 2.58 bits per heavy atom. The Balaban J connectivity index is 1.88. The minimum absolute atomic E-state index is 0.184. The number of aliphatic hydroxyl groups is 1. The van der Waals surface area contributed by atoms with E-state index in [1.165, 1.54) is 25.7 Å². The molecule has 1 heterocycles. The van der Waals surface area contributed by atoms with E-state index >= 15 is 0 Å². The summed E-state index contributed by atoms with van der Waals surface area (Å²) >= 11 is 0. The molecule has 0 aromatic heterocycles. The van der Waals surface area contributed by atoms with Crippen LogP contribution in [0.3, 0.4) is 0 Å². The predicted octanol–water partition coefficient (Wildman–Crippen LogP) is 2.82. The third kappa shape index (κ3) is 3.71. The number of hydrogen-bond acceptors (Lipinski definition) is 2. The van der Waals surface area contributed by atoms with Crippen molar-refractivity contribution in [2.24, 2.45) is 17.8 Å². The van der Waals surface area contributed by atoms with Crippen LogP contribution in [0.25, 0.3) is 0 Å². The maximum atomic E-state index is 12.6. The molecule has 1 amide bonds. The lowest BCUT2D eigenvalue weighted by Gasteiger charge is -2.36. The van der Waals surface area contributed by atoms with E-state index in [1.54, 1.807) is 0 Å². The van der Waals surface area contributed by atoms with Gasteiger partial charge in [-0.25, -0.2) is 0 Å². The van der Waals surface area contributed by atoms with Crippen LogP contribution in [0.1, 0.15) is 58.8 Å². The third-order valence-corrected chi connectivity index (χ3v) is 5.16. The van der Waals surface area contributed by atoms with Crippen molar-refractivity contribution in [3.63, 3.8) is 0 Å². The van der Waals surface area contributed by atoms with Crippen LogP contribution in [0.5, 0.6) is 0 Å². The van der Waals surface area contributed by atoms with Crippen LogP contribution in [-0.2, 0) is 4.79 Å². The first-order valence-corrected chi connectivity index (χ1v) is 8.08. The normalized spacial score (nSPS) is 30.6. The molecule has 3 heteroatoms. The topological polar surface area (TPSA) is 40.5 Å². The Bertz CT molecular complexity index is 299. The standard InChI is InChI=1S/C16H29NO2/c1-3-14(10-13-6-4-5-7-13)16(19)17-9-8-12(2)15(18)11-17/h12-15,18H,3-11H2,1-2H3. The number of β-amino-alcohol motifs (C(OH)–C–C–N with tert-alkyl or cyclic N) is 1. The van der Waals surface area contributed by atoms with Crippen molar-refractivity contribution >= 4 is 5.91 Å². The number of carbonyl (C=O) groups excluding carboxylic acids is 1. The van der Waals surface area contributed by atoms with Gasteiger partial charge < -0.3 is 10.0 Å². The van der Waals surface area contributed by atoms with Gasteiger partial charge in [0.1, 0.15) is 0 Å². The molecule has 2 rings (SSSR count). The lowest BCUT2D eigenvalue weighted by Crippen LogP contribution is -2.48. The average molecular weight is 267 g/mol. The van der Waals surface area contributed by atoms with Gasteiger partial charge in [0.05, 0.1) is 6.10 Å². The van der Waals surface area contributed by atoms with Gasteiger partial charge in [-0.1, -0.05) is 39.5 Å².